The van der Waals surface area contributed by atoms with E-state index >= 15 is 0 Å². The van der Waals surface area contributed by atoms with Crippen LogP contribution in [-0.4, -0.2) is 4.98 Å². The summed E-state index contributed by atoms with van der Waals surface area (Å²) in [4.78, 5) is 3.54. The van der Waals surface area contributed by atoms with Gasteiger partial charge in [0.1, 0.15) is 5.76 Å². The van der Waals surface area contributed by atoms with Crippen LogP contribution in [0.5, 0.6) is 0 Å². The highest BCUT2D eigenvalue weighted by molar-refractivity contribution is 5.09. The number of rotatable bonds is 8. The van der Waals surface area contributed by atoms with E-state index in [9.17, 15) is 13.2 Å². The molecule has 19 heavy (non-hydrogen) atoms. The Balaban J connectivity index is 2.28. The molecule has 0 N–H and O–H groups in total. The first-order chi connectivity index (χ1) is 8.95. The second-order valence-corrected chi connectivity index (χ2v) is 4.89. The smallest absolute Gasteiger partial charge is 0.438 e. The van der Waals surface area contributed by atoms with Gasteiger partial charge in [0.05, 0.1) is 5.69 Å². The van der Waals surface area contributed by atoms with Crippen LogP contribution in [0, 0.1) is 6.92 Å². The fourth-order valence-electron chi connectivity index (χ4n) is 2.03. The van der Waals surface area contributed by atoms with Crippen LogP contribution in [0.25, 0.3) is 0 Å². The van der Waals surface area contributed by atoms with Crippen LogP contribution in [0.2, 0.25) is 0 Å². The van der Waals surface area contributed by atoms with Crippen LogP contribution < -0.4 is 0 Å². The predicted molar refractivity (Wildman–Crippen MR) is 67.9 cm³/mol. The Morgan fingerprint density at radius 3 is 2.11 bits per heavy atom. The van der Waals surface area contributed by atoms with Crippen LogP contribution in [0.1, 0.15) is 69.2 Å². The average Bonchev–Trinajstić information content (AvgIpc) is 2.70. The molecule has 0 saturated carbocycles. The van der Waals surface area contributed by atoms with Crippen molar-refractivity contribution in [2.75, 3.05) is 0 Å². The van der Waals surface area contributed by atoms with Gasteiger partial charge in [-0.05, 0) is 19.8 Å². The number of aryl methyl sites for hydroxylation is 2. The summed E-state index contributed by atoms with van der Waals surface area (Å²) in [7, 11) is 0. The van der Waals surface area contributed by atoms with Crippen LogP contribution in [0.4, 0.5) is 13.2 Å². The maximum atomic E-state index is 12.4. The molecule has 0 amide bonds. The molecule has 0 radical (unpaired) electrons. The lowest BCUT2D eigenvalue weighted by molar-refractivity contribution is -0.157. The van der Waals surface area contributed by atoms with E-state index in [0.717, 1.165) is 19.3 Å². The van der Waals surface area contributed by atoms with Crippen molar-refractivity contribution in [1.29, 1.82) is 0 Å². The summed E-state index contributed by atoms with van der Waals surface area (Å²) in [5.41, 5.74) is 0.445. The topological polar surface area (TPSA) is 26.0 Å². The summed E-state index contributed by atoms with van der Waals surface area (Å²) in [6.45, 7) is 3.71. The molecule has 0 aliphatic rings. The summed E-state index contributed by atoms with van der Waals surface area (Å²) in [5, 5.41) is 0. The minimum absolute atomic E-state index is 0.290. The van der Waals surface area contributed by atoms with Gasteiger partial charge in [0, 0.05) is 0 Å². The molecule has 0 aromatic carbocycles. The number of hydrogen-bond acceptors (Lipinski definition) is 2. The molecule has 0 spiro atoms. The third kappa shape index (κ3) is 5.66. The molecule has 1 rings (SSSR count). The molecule has 5 heteroatoms. The molecule has 0 atom stereocenters. The number of hydrogen-bond donors (Lipinski definition) is 0. The van der Waals surface area contributed by atoms with E-state index in [2.05, 4.69) is 16.3 Å². The lowest BCUT2D eigenvalue weighted by Gasteiger charge is -2.00. The van der Waals surface area contributed by atoms with Gasteiger partial charge in [0.15, 0.2) is 0 Å². The zero-order valence-corrected chi connectivity index (χ0v) is 11.6. The molecular weight excluding hydrogens is 255 g/mol. The van der Waals surface area contributed by atoms with Crippen molar-refractivity contribution < 1.29 is 17.6 Å². The Labute approximate surface area is 112 Å². The van der Waals surface area contributed by atoms with Crippen molar-refractivity contribution in [2.45, 2.75) is 71.4 Å². The number of halogens is 3. The van der Waals surface area contributed by atoms with E-state index in [-0.39, 0.29) is 0 Å². The first-order valence-corrected chi connectivity index (χ1v) is 6.98. The van der Waals surface area contributed by atoms with Crippen molar-refractivity contribution in [1.82, 2.24) is 4.98 Å². The summed E-state index contributed by atoms with van der Waals surface area (Å²) < 4.78 is 41.8. The SMILES string of the molecule is CCCCCCCCCc1nc(C(F)(F)F)oc1C. The highest BCUT2D eigenvalue weighted by atomic mass is 19.4. The first-order valence-electron chi connectivity index (χ1n) is 6.98. The van der Waals surface area contributed by atoms with Gasteiger partial charge in [-0.3, -0.25) is 0 Å². The van der Waals surface area contributed by atoms with E-state index in [0.29, 0.717) is 17.9 Å². The largest absolute Gasteiger partial charge is 0.468 e. The lowest BCUT2D eigenvalue weighted by Crippen LogP contribution is -2.05. The van der Waals surface area contributed by atoms with Gasteiger partial charge in [0.2, 0.25) is 0 Å². The van der Waals surface area contributed by atoms with Gasteiger partial charge < -0.3 is 4.42 Å². The summed E-state index contributed by atoms with van der Waals surface area (Å²) in [6.07, 6.45) is 4.08. The number of alkyl halides is 3. The Bertz CT molecular complexity index is 371. The quantitative estimate of drug-likeness (QED) is 0.603. The number of oxazole rings is 1. The number of nitrogens with zero attached hydrogens (tertiary/aromatic N) is 1. The average molecular weight is 277 g/mol. The lowest BCUT2D eigenvalue weighted by atomic mass is 10.1. The van der Waals surface area contributed by atoms with Crippen molar-refractivity contribution in [3.63, 3.8) is 0 Å². The molecule has 0 saturated heterocycles. The second kappa shape index (κ2) is 7.56. The molecule has 0 aliphatic heterocycles. The highest BCUT2D eigenvalue weighted by Crippen LogP contribution is 2.30. The Morgan fingerprint density at radius 1 is 1.00 bits per heavy atom. The zero-order valence-electron chi connectivity index (χ0n) is 11.6. The second-order valence-electron chi connectivity index (χ2n) is 4.89. The molecule has 1 heterocycles. The third-order valence-corrected chi connectivity index (χ3v) is 3.15. The number of aromatic nitrogens is 1. The highest BCUT2D eigenvalue weighted by Gasteiger charge is 2.37. The normalized spacial score (nSPS) is 12.1. The van der Waals surface area contributed by atoms with E-state index in [4.69, 9.17) is 0 Å². The summed E-state index contributed by atoms with van der Waals surface area (Å²) >= 11 is 0. The Hall–Kier alpha value is -1.00. The van der Waals surface area contributed by atoms with E-state index in [1.165, 1.54) is 25.7 Å². The van der Waals surface area contributed by atoms with Crippen molar-refractivity contribution in [3.05, 3.63) is 17.3 Å². The predicted octanol–water partition coefficient (Wildman–Crippen LogP) is 5.29. The van der Waals surface area contributed by atoms with Gasteiger partial charge >= 0.3 is 12.1 Å². The molecule has 0 aliphatic carbocycles. The minimum Gasteiger partial charge on any atom is -0.438 e. The molecule has 2 nitrogen and oxygen atoms in total. The molecule has 0 unspecified atom stereocenters. The molecule has 1 aromatic rings. The van der Waals surface area contributed by atoms with Gasteiger partial charge in [-0.15, -0.1) is 0 Å². The van der Waals surface area contributed by atoms with Crippen LogP contribution in [0.3, 0.4) is 0 Å². The van der Waals surface area contributed by atoms with E-state index in [1.807, 2.05) is 0 Å². The molecule has 0 fully saturated rings. The first kappa shape index (κ1) is 16.1. The molecule has 1 aromatic heterocycles. The van der Waals surface area contributed by atoms with Crippen molar-refractivity contribution in [3.8, 4) is 0 Å². The van der Waals surface area contributed by atoms with Gasteiger partial charge in [-0.2, -0.15) is 13.2 Å². The van der Waals surface area contributed by atoms with Crippen molar-refractivity contribution >= 4 is 0 Å². The maximum Gasteiger partial charge on any atom is 0.468 e. The zero-order chi connectivity index (χ0) is 14.3. The molecular formula is C14H22F3NO. The monoisotopic (exact) mass is 277 g/mol. The Kier molecular flexibility index (Phi) is 6.38. The van der Waals surface area contributed by atoms with Gasteiger partial charge in [-0.25, -0.2) is 4.98 Å². The standard InChI is InChI=1S/C14H22F3NO/c1-3-4-5-6-7-8-9-10-12-11(2)19-13(18-12)14(15,16)17/h3-10H2,1-2H3. The van der Waals surface area contributed by atoms with Gasteiger partial charge in [0.25, 0.3) is 0 Å². The maximum absolute atomic E-state index is 12.4. The minimum atomic E-state index is -4.48. The number of unbranched alkanes of at least 4 members (excludes halogenated alkanes) is 6. The van der Waals surface area contributed by atoms with E-state index in [1.54, 1.807) is 6.92 Å². The molecule has 0 bridgehead atoms. The Morgan fingerprint density at radius 2 is 1.58 bits per heavy atom. The van der Waals surface area contributed by atoms with E-state index < -0.39 is 12.1 Å². The summed E-state index contributed by atoms with van der Waals surface area (Å²) in [5.74, 6) is -0.832. The van der Waals surface area contributed by atoms with Crippen LogP contribution >= 0.6 is 0 Å². The van der Waals surface area contributed by atoms with Crippen LogP contribution in [0.15, 0.2) is 4.42 Å². The fraction of sp³-hybridized carbons (Fsp3) is 0.786. The van der Waals surface area contributed by atoms with Crippen LogP contribution in [-0.2, 0) is 12.6 Å². The third-order valence-electron chi connectivity index (χ3n) is 3.15. The fourth-order valence-corrected chi connectivity index (χ4v) is 2.03. The van der Waals surface area contributed by atoms with Gasteiger partial charge in [-0.1, -0.05) is 45.4 Å². The molecule has 110 valence electrons. The van der Waals surface area contributed by atoms with Crippen molar-refractivity contribution in [2.24, 2.45) is 0 Å². The summed E-state index contributed by atoms with van der Waals surface area (Å²) in [6, 6.07) is 0.